The van der Waals surface area contributed by atoms with Gasteiger partial charge in [-0.05, 0) is 38.5 Å². The predicted octanol–water partition coefficient (Wildman–Crippen LogP) is 3.87. The van der Waals surface area contributed by atoms with Crippen LogP contribution in [0.25, 0.3) is 0 Å². The largest absolute Gasteiger partial charge is 0.452 e. The molecule has 0 bridgehead atoms. The first-order valence-corrected chi connectivity index (χ1v) is 9.20. The van der Waals surface area contributed by atoms with E-state index in [2.05, 4.69) is 5.32 Å². The molecule has 0 heterocycles. The number of ether oxygens (including phenoxy) is 1. The summed E-state index contributed by atoms with van der Waals surface area (Å²) in [6.07, 6.45) is -0.982. The van der Waals surface area contributed by atoms with Crippen molar-refractivity contribution in [2.75, 3.05) is 11.1 Å². The summed E-state index contributed by atoms with van der Waals surface area (Å²) in [5, 5.41) is 13.7. The van der Waals surface area contributed by atoms with Crippen LogP contribution in [-0.2, 0) is 14.3 Å². The maximum Gasteiger partial charge on any atom is 0.317 e. The average molecular weight is 388 g/mol. The fourth-order valence-corrected chi connectivity index (χ4v) is 3.15. The molecular weight excluding hydrogens is 368 g/mol. The summed E-state index contributed by atoms with van der Waals surface area (Å²) in [6.45, 7) is 5.31. The van der Waals surface area contributed by atoms with Gasteiger partial charge in [-0.2, -0.15) is 0 Å². The average Bonchev–Trinajstić information content (AvgIpc) is 2.62. The zero-order chi connectivity index (χ0) is 20.0. The Labute approximate surface area is 161 Å². The number of aryl methyl sites for hydroxylation is 2. The zero-order valence-electron chi connectivity index (χ0n) is 15.2. The van der Waals surface area contributed by atoms with Gasteiger partial charge in [0.2, 0.25) is 0 Å². The maximum absolute atomic E-state index is 12.2. The van der Waals surface area contributed by atoms with Gasteiger partial charge in [-0.1, -0.05) is 29.8 Å². The van der Waals surface area contributed by atoms with Crippen LogP contribution in [0.5, 0.6) is 0 Å². The number of nitro benzene ring substituents is 1. The van der Waals surface area contributed by atoms with Gasteiger partial charge in [0.25, 0.3) is 11.6 Å². The highest BCUT2D eigenvalue weighted by atomic mass is 32.2. The van der Waals surface area contributed by atoms with Crippen molar-refractivity contribution in [3.8, 4) is 0 Å². The lowest BCUT2D eigenvalue weighted by atomic mass is 10.1. The Hall–Kier alpha value is -2.87. The summed E-state index contributed by atoms with van der Waals surface area (Å²) in [5.41, 5.74) is 2.57. The van der Waals surface area contributed by atoms with Crippen LogP contribution in [0.4, 0.5) is 11.4 Å². The van der Waals surface area contributed by atoms with E-state index in [-0.39, 0.29) is 11.4 Å². The highest BCUT2D eigenvalue weighted by Crippen LogP contribution is 2.28. The Kier molecular flexibility index (Phi) is 6.95. The molecule has 0 spiro atoms. The summed E-state index contributed by atoms with van der Waals surface area (Å²) in [4.78, 5) is 35.0. The molecule has 0 saturated carbocycles. The zero-order valence-corrected chi connectivity index (χ0v) is 16.0. The molecule has 0 radical (unpaired) electrons. The van der Waals surface area contributed by atoms with Gasteiger partial charge in [0.1, 0.15) is 0 Å². The summed E-state index contributed by atoms with van der Waals surface area (Å²) < 4.78 is 5.13. The first kappa shape index (κ1) is 20.4. The second-order valence-corrected chi connectivity index (χ2v) is 6.97. The number of esters is 1. The standard InChI is InChI=1S/C19H20N2O5S/c1-12-8-9-15(13(2)10-12)20-19(23)14(3)26-18(22)11-27-17-7-5-4-6-16(17)21(24)25/h4-10,14H,11H2,1-3H3,(H,20,23)/t14-/m0/s1. The van der Waals surface area contributed by atoms with Crippen molar-refractivity contribution in [3.05, 3.63) is 63.7 Å². The van der Waals surface area contributed by atoms with Gasteiger partial charge in [0.05, 0.1) is 15.6 Å². The van der Waals surface area contributed by atoms with Gasteiger partial charge < -0.3 is 10.1 Å². The molecule has 1 atom stereocenters. The number of rotatable bonds is 7. The summed E-state index contributed by atoms with van der Waals surface area (Å²) in [7, 11) is 0. The van der Waals surface area contributed by atoms with Crippen LogP contribution in [0.2, 0.25) is 0 Å². The second-order valence-electron chi connectivity index (χ2n) is 5.95. The molecule has 1 amide bonds. The number of carbonyl (C=O) groups excluding carboxylic acids is 2. The number of amides is 1. The van der Waals surface area contributed by atoms with Gasteiger partial charge >= 0.3 is 5.97 Å². The lowest BCUT2D eigenvalue weighted by molar-refractivity contribution is -0.387. The molecule has 1 N–H and O–H groups in total. The van der Waals surface area contributed by atoms with E-state index in [1.165, 1.54) is 13.0 Å². The highest BCUT2D eigenvalue weighted by Gasteiger charge is 2.20. The van der Waals surface area contributed by atoms with E-state index in [1.54, 1.807) is 24.3 Å². The minimum Gasteiger partial charge on any atom is -0.452 e. The number of thioether (sulfide) groups is 1. The van der Waals surface area contributed by atoms with Crippen LogP contribution in [0.1, 0.15) is 18.1 Å². The highest BCUT2D eigenvalue weighted by molar-refractivity contribution is 8.00. The van der Waals surface area contributed by atoms with E-state index in [4.69, 9.17) is 4.74 Å². The third-order valence-electron chi connectivity index (χ3n) is 3.72. The molecule has 7 nitrogen and oxygen atoms in total. The van der Waals surface area contributed by atoms with Crippen LogP contribution in [0.3, 0.4) is 0 Å². The molecular formula is C19H20N2O5S. The van der Waals surface area contributed by atoms with Gasteiger partial charge in [-0.3, -0.25) is 19.7 Å². The number of nitrogens with zero attached hydrogens (tertiary/aromatic N) is 1. The van der Waals surface area contributed by atoms with Crippen molar-refractivity contribution < 1.29 is 19.2 Å². The third kappa shape index (κ3) is 5.82. The van der Waals surface area contributed by atoms with Crippen LogP contribution in [0.15, 0.2) is 47.4 Å². The Morgan fingerprint density at radius 2 is 1.93 bits per heavy atom. The van der Waals surface area contributed by atoms with Crippen molar-refractivity contribution in [1.82, 2.24) is 0 Å². The van der Waals surface area contributed by atoms with Crippen molar-refractivity contribution in [3.63, 3.8) is 0 Å². The maximum atomic E-state index is 12.2. The van der Waals surface area contributed by atoms with Crippen molar-refractivity contribution >= 4 is 35.0 Å². The molecule has 27 heavy (non-hydrogen) atoms. The molecule has 0 fully saturated rings. The number of nitro groups is 1. The topological polar surface area (TPSA) is 98.5 Å². The molecule has 2 aromatic carbocycles. The lowest BCUT2D eigenvalue weighted by Crippen LogP contribution is -2.30. The Morgan fingerprint density at radius 3 is 2.59 bits per heavy atom. The summed E-state index contributed by atoms with van der Waals surface area (Å²) in [5.74, 6) is -1.20. The molecule has 0 aliphatic rings. The van der Waals surface area contributed by atoms with Crippen LogP contribution in [0, 0.1) is 24.0 Å². The second kappa shape index (κ2) is 9.18. The normalized spacial score (nSPS) is 11.5. The number of para-hydroxylation sites is 1. The summed E-state index contributed by atoms with van der Waals surface area (Å²) >= 11 is 0.997. The molecule has 2 rings (SSSR count). The molecule has 142 valence electrons. The van der Waals surface area contributed by atoms with Crippen LogP contribution in [-0.4, -0.2) is 28.7 Å². The monoisotopic (exact) mass is 388 g/mol. The number of carbonyl (C=O) groups is 2. The predicted molar refractivity (Wildman–Crippen MR) is 104 cm³/mol. The Balaban J connectivity index is 1.89. The molecule has 0 aromatic heterocycles. The number of anilines is 1. The minimum atomic E-state index is -0.982. The van der Waals surface area contributed by atoms with E-state index in [0.717, 1.165) is 22.9 Å². The fourth-order valence-electron chi connectivity index (χ4n) is 2.34. The fraction of sp³-hybridized carbons (Fsp3) is 0.263. The SMILES string of the molecule is Cc1ccc(NC(=O)[C@H](C)OC(=O)CSc2ccccc2[N+](=O)[O-])c(C)c1. The van der Waals surface area contributed by atoms with E-state index >= 15 is 0 Å². The number of hydrogen-bond donors (Lipinski definition) is 1. The molecule has 0 aliphatic carbocycles. The number of benzene rings is 2. The Morgan fingerprint density at radius 1 is 1.22 bits per heavy atom. The molecule has 0 saturated heterocycles. The van der Waals surface area contributed by atoms with E-state index in [1.807, 2.05) is 26.0 Å². The van der Waals surface area contributed by atoms with Gasteiger partial charge in [0, 0.05) is 11.8 Å². The van der Waals surface area contributed by atoms with Gasteiger partial charge in [-0.25, -0.2) is 0 Å². The van der Waals surface area contributed by atoms with Gasteiger partial charge in [-0.15, -0.1) is 11.8 Å². The van der Waals surface area contributed by atoms with Crippen molar-refractivity contribution in [2.45, 2.75) is 31.8 Å². The van der Waals surface area contributed by atoms with Crippen molar-refractivity contribution in [2.24, 2.45) is 0 Å². The first-order valence-electron chi connectivity index (χ1n) is 8.21. The van der Waals surface area contributed by atoms with Crippen LogP contribution < -0.4 is 5.32 Å². The third-order valence-corrected chi connectivity index (χ3v) is 4.76. The van der Waals surface area contributed by atoms with Gasteiger partial charge in [0.15, 0.2) is 6.10 Å². The van der Waals surface area contributed by atoms with Crippen molar-refractivity contribution in [1.29, 1.82) is 0 Å². The lowest BCUT2D eigenvalue weighted by Gasteiger charge is -2.15. The molecule has 8 heteroatoms. The first-order chi connectivity index (χ1) is 12.8. The van der Waals surface area contributed by atoms with Crippen LogP contribution >= 0.6 is 11.8 Å². The Bertz CT molecular complexity index is 869. The summed E-state index contributed by atoms with van der Waals surface area (Å²) in [6, 6.07) is 11.8. The molecule has 0 unspecified atom stereocenters. The van der Waals surface area contributed by atoms with E-state index < -0.39 is 22.9 Å². The van der Waals surface area contributed by atoms with E-state index in [9.17, 15) is 19.7 Å². The minimum absolute atomic E-state index is 0.0732. The quantitative estimate of drug-likeness (QED) is 0.335. The molecule has 0 aliphatic heterocycles. The molecule has 2 aromatic rings. The number of hydrogen-bond acceptors (Lipinski definition) is 6. The van der Waals surface area contributed by atoms with E-state index in [0.29, 0.717) is 10.6 Å². The number of nitrogens with one attached hydrogen (secondary N) is 1. The smallest absolute Gasteiger partial charge is 0.317 e.